The molecule has 1 heterocycles. The van der Waals surface area contributed by atoms with E-state index in [1.54, 1.807) is 30.3 Å². The summed E-state index contributed by atoms with van der Waals surface area (Å²) in [5, 5.41) is 4.44. The van der Waals surface area contributed by atoms with Crippen LogP contribution in [-0.2, 0) is 6.18 Å². The molecule has 0 unspecified atom stereocenters. The van der Waals surface area contributed by atoms with Crippen molar-refractivity contribution in [2.75, 3.05) is 10.6 Å². The van der Waals surface area contributed by atoms with Gasteiger partial charge in [-0.3, -0.25) is 9.59 Å². The molecule has 0 atom stereocenters. The number of carbonyl (C=O) groups excluding carboxylic acids is 2. The van der Waals surface area contributed by atoms with Crippen LogP contribution in [-0.4, -0.2) is 16.8 Å². The molecular formula is C25H17F4N3O3. The third-order valence-corrected chi connectivity index (χ3v) is 4.98. The van der Waals surface area contributed by atoms with Crippen molar-refractivity contribution in [2.45, 2.75) is 13.1 Å². The lowest BCUT2D eigenvalue weighted by Crippen LogP contribution is -2.19. The summed E-state index contributed by atoms with van der Waals surface area (Å²) in [6.45, 7) is 1.47. The third-order valence-electron chi connectivity index (χ3n) is 4.98. The normalized spacial score (nSPS) is 11.2. The average molecular weight is 483 g/mol. The van der Waals surface area contributed by atoms with Crippen LogP contribution in [0.4, 0.5) is 28.9 Å². The Morgan fingerprint density at radius 2 is 1.57 bits per heavy atom. The molecular weight excluding hydrogens is 466 g/mol. The SMILES string of the molecule is Cc1oc(-c2ccccc2)nc1C(=O)Nc1ccc(NC(=O)c2ccccc2F)cc1C(F)(F)F. The van der Waals surface area contributed by atoms with Gasteiger partial charge in [-0.2, -0.15) is 13.2 Å². The molecule has 0 radical (unpaired) electrons. The number of rotatable bonds is 5. The van der Waals surface area contributed by atoms with Crippen molar-refractivity contribution in [3.63, 3.8) is 0 Å². The van der Waals surface area contributed by atoms with Crippen LogP contribution in [0.15, 0.2) is 77.2 Å². The summed E-state index contributed by atoms with van der Waals surface area (Å²) in [4.78, 5) is 29.1. The first-order valence-corrected chi connectivity index (χ1v) is 10.2. The number of anilines is 2. The number of oxazole rings is 1. The highest BCUT2D eigenvalue weighted by atomic mass is 19.4. The Balaban J connectivity index is 1.59. The molecule has 0 saturated carbocycles. The molecule has 0 aliphatic carbocycles. The molecule has 2 N–H and O–H groups in total. The van der Waals surface area contributed by atoms with Gasteiger partial charge in [-0.1, -0.05) is 30.3 Å². The van der Waals surface area contributed by atoms with E-state index in [1.807, 2.05) is 0 Å². The number of alkyl halides is 3. The number of aromatic nitrogens is 1. The molecule has 6 nitrogen and oxygen atoms in total. The largest absolute Gasteiger partial charge is 0.441 e. The van der Waals surface area contributed by atoms with Gasteiger partial charge in [0.15, 0.2) is 5.69 Å². The van der Waals surface area contributed by atoms with Crippen molar-refractivity contribution in [3.8, 4) is 11.5 Å². The van der Waals surface area contributed by atoms with Gasteiger partial charge < -0.3 is 15.1 Å². The molecule has 0 bridgehead atoms. The van der Waals surface area contributed by atoms with Crippen LogP contribution in [0.2, 0.25) is 0 Å². The van der Waals surface area contributed by atoms with Gasteiger partial charge in [-0.25, -0.2) is 9.37 Å². The van der Waals surface area contributed by atoms with Crippen LogP contribution >= 0.6 is 0 Å². The second-order valence-corrected chi connectivity index (χ2v) is 7.44. The molecule has 0 aliphatic heterocycles. The first-order valence-electron chi connectivity index (χ1n) is 10.2. The number of nitrogens with zero attached hydrogens (tertiary/aromatic N) is 1. The zero-order chi connectivity index (χ0) is 25.2. The van der Waals surface area contributed by atoms with E-state index in [9.17, 15) is 27.2 Å². The molecule has 3 aromatic carbocycles. The maximum Gasteiger partial charge on any atom is 0.418 e. The van der Waals surface area contributed by atoms with Gasteiger partial charge in [0.2, 0.25) is 5.89 Å². The molecule has 0 fully saturated rings. The van der Waals surface area contributed by atoms with Crippen molar-refractivity contribution in [1.82, 2.24) is 4.98 Å². The quantitative estimate of drug-likeness (QED) is 0.326. The summed E-state index contributed by atoms with van der Waals surface area (Å²) in [6, 6.07) is 16.6. The van der Waals surface area contributed by atoms with Gasteiger partial charge in [0.05, 0.1) is 16.8 Å². The number of hydrogen-bond donors (Lipinski definition) is 2. The molecule has 0 saturated heterocycles. The minimum absolute atomic E-state index is 0.128. The second-order valence-electron chi connectivity index (χ2n) is 7.44. The molecule has 178 valence electrons. The summed E-state index contributed by atoms with van der Waals surface area (Å²) in [5.41, 5.74) is -1.88. The Labute approximate surface area is 196 Å². The number of carbonyl (C=O) groups is 2. The Morgan fingerprint density at radius 1 is 0.886 bits per heavy atom. The van der Waals surface area contributed by atoms with E-state index < -0.39 is 35.1 Å². The monoisotopic (exact) mass is 483 g/mol. The molecule has 4 rings (SSSR count). The molecule has 0 aliphatic rings. The van der Waals surface area contributed by atoms with Crippen LogP contribution in [0.3, 0.4) is 0 Å². The Kier molecular flexibility index (Phi) is 6.37. The maximum atomic E-state index is 13.8. The van der Waals surface area contributed by atoms with Crippen molar-refractivity contribution in [1.29, 1.82) is 0 Å². The fraction of sp³-hybridized carbons (Fsp3) is 0.0800. The lowest BCUT2D eigenvalue weighted by molar-refractivity contribution is -0.136. The Hall–Kier alpha value is -4.47. The highest BCUT2D eigenvalue weighted by Gasteiger charge is 2.35. The summed E-state index contributed by atoms with van der Waals surface area (Å²) >= 11 is 0. The first-order chi connectivity index (χ1) is 16.6. The topological polar surface area (TPSA) is 84.2 Å². The minimum Gasteiger partial charge on any atom is -0.441 e. The highest BCUT2D eigenvalue weighted by molar-refractivity contribution is 6.06. The first kappa shape index (κ1) is 23.7. The number of aryl methyl sites for hydroxylation is 1. The second kappa shape index (κ2) is 9.41. The third kappa shape index (κ3) is 5.21. The van der Waals surface area contributed by atoms with E-state index in [0.717, 1.165) is 18.2 Å². The van der Waals surface area contributed by atoms with E-state index in [0.29, 0.717) is 11.6 Å². The van der Waals surface area contributed by atoms with Gasteiger partial charge in [-0.15, -0.1) is 0 Å². The van der Waals surface area contributed by atoms with Gasteiger partial charge in [0, 0.05) is 11.3 Å². The average Bonchev–Trinajstić information content (AvgIpc) is 3.22. The maximum absolute atomic E-state index is 13.8. The van der Waals surface area contributed by atoms with E-state index in [4.69, 9.17) is 4.42 Å². The van der Waals surface area contributed by atoms with Crippen molar-refractivity contribution < 1.29 is 31.6 Å². The van der Waals surface area contributed by atoms with Gasteiger partial charge >= 0.3 is 6.18 Å². The van der Waals surface area contributed by atoms with E-state index in [2.05, 4.69) is 15.6 Å². The Morgan fingerprint density at radius 3 is 2.26 bits per heavy atom. The van der Waals surface area contributed by atoms with Crippen molar-refractivity contribution in [3.05, 3.63) is 101 Å². The zero-order valence-corrected chi connectivity index (χ0v) is 18.1. The lowest BCUT2D eigenvalue weighted by Gasteiger charge is -2.15. The number of halogens is 4. The van der Waals surface area contributed by atoms with Gasteiger partial charge in [0.1, 0.15) is 11.6 Å². The predicted molar refractivity (Wildman–Crippen MR) is 120 cm³/mol. The van der Waals surface area contributed by atoms with Gasteiger partial charge in [0.25, 0.3) is 11.8 Å². The van der Waals surface area contributed by atoms with Crippen LogP contribution in [0.1, 0.15) is 32.2 Å². The van der Waals surface area contributed by atoms with Crippen molar-refractivity contribution in [2.24, 2.45) is 0 Å². The number of benzene rings is 3. The fourth-order valence-electron chi connectivity index (χ4n) is 3.30. The van der Waals surface area contributed by atoms with Crippen LogP contribution in [0.5, 0.6) is 0 Å². The molecule has 0 spiro atoms. The van der Waals surface area contributed by atoms with Crippen LogP contribution in [0.25, 0.3) is 11.5 Å². The summed E-state index contributed by atoms with van der Waals surface area (Å²) in [7, 11) is 0. The fourth-order valence-corrected chi connectivity index (χ4v) is 3.30. The number of nitrogens with one attached hydrogen (secondary N) is 2. The summed E-state index contributed by atoms with van der Waals surface area (Å²) in [5.74, 6) is -2.36. The number of hydrogen-bond acceptors (Lipinski definition) is 4. The molecule has 4 aromatic rings. The van der Waals surface area contributed by atoms with Crippen LogP contribution in [0, 0.1) is 12.7 Å². The lowest BCUT2D eigenvalue weighted by atomic mass is 10.1. The summed E-state index contributed by atoms with van der Waals surface area (Å²) in [6.07, 6.45) is -4.87. The predicted octanol–water partition coefficient (Wildman–Crippen LogP) is 6.31. The van der Waals surface area contributed by atoms with E-state index >= 15 is 0 Å². The molecule has 1 aromatic heterocycles. The van der Waals surface area contributed by atoms with Crippen LogP contribution < -0.4 is 10.6 Å². The molecule has 2 amide bonds. The smallest absolute Gasteiger partial charge is 0.418 e. The van der Waals surface area contributed by atoms with Crippen molar-refractivity contribution >= 4 is 23.2 Å². The standard InChI is InChI=1S/C25H17F4N3O3/c1-14-21(32-24(35-14)15-7-3-2-4-8-15)23(34)31-20-12-11-16(13-18(20)25(27,28)29)30-22(33)17-9-5-6-10-19(17)26/h2-13H,1H3,(H,30,33)(H,31,34). The number of amides is 2. The summed E-state index contributed by atoms with van der Waals surface area (Å²) < 4.78 is 60.6. The van der Waals surface area contributed by atoms with E-state index in [-0.39, 0.29) is 28.6 Å². The zero-order valence-electron chi connectivity index (χ0n) is 18.1. The van der Waals surface area contributed by atoms with E-state index in [1.165, 1.54) is 25.1 Å². The minimum atomic E-state index is -4.87. The van der Waals surface area contributed by atoms with Gasteiger partial charge in [-0.05, 0) is 49.4 Å². The molecule has 35 heavy (non-hydrogen) atoms. The Bertz CT molecular complexity index is 1400. The highest BCUT2D eigenvalue weighted by Crippen LogP contribution is 2.37. The molecule has 10 heteroatoms.